The minimum atomic E-state index is -0.414. The van der Waals surface area contributed by atoms with Crippen LogP contribution < -0.4 is 5.32 Å². The number of hydrogen-bond donors (Lipinski definition) is 2. The van der Waals surface area contributed by atoms with Crippen molar-refractivity contribution in [3.8, 4) is 0 Å². The van der Waals surface area contributed by atoms with Gasteiger partial charge in [-0.05, 0) is 13.5 Å². The van der Waals surface area contributed by atoms with Crippen LogP contribution in [0.2, 0.25) is 0 Å². The molecule has 16 heavy (non-hydrogen) atoms. The number of nitrogens with zero attached hydrogens (tertiary/aromatic N) is 1. The van der Waals surface area contributed by atoms with Gasteiger partial charge < -0.3 is 15.2 Å². The highest BCUT2D eigenvalue weighted by Crippen LogP contribution is 2.12. The molecule has 1 heterocycles. The van der Waals surface area contributed by atoms with Gasteiger partial charge in [0.2, 0.25) is 0 Å². The normalized spacial score (nSPS) is 12.9. The molecule has 1 atom stereocenters. The van der Waals surface area contributed by atoms with E-state index in [0.29, 0.717) is 19.8 Å². The second-order valence-corrected chi connectivity index (χ2v) is 4.59. The lowest BCUT2D eigenvalue weighted by Gasteiger charge is -2.11. The largest absolute Gasteiger partial charge is 0.389 e. The van der Waals surface area contributed by atoms with Crippen molar-refractivity contribution < 1.29 is 9.84 Å². The number of ether oxygens (including phenoxy) is 1. The maximum Gasteiger partial charge on any atom is 0.0897 e. The van der Waals surface area contributed by atoms with E-state index in [-0.39, 0.29) is 0 Å². The number of aliphatic hydroxyl groups excluding tert-OH is 1. The SMILES string of the molecule is CCNCC(O)COCCc1scnc1C. The van der Waals surface area contributed by atoms with Crippen LogP contribution in [0.15, 0.2) is 5.51 Å². The quantitative estimate of drug-likeness (QED) is 0.669. The lowest BCUT2D eigenvalue weighted by atomic mass is 10.3. The molecule has 5 heteroatoms. The van der Waals surface area contributed by atoms with Crippen LogP contribution in [-0.4, -0.2) is 42.5 Å². The summed E-state index contributed by atoms with van der Waals surface area (Å²) >= 11 is 1.66. The van der Waals surface area contributed by atoms with Gasteiger partial charge in [0, 0.05) is 17.8 Å². The van der Waals surface area contributed by atoms with Gasteiger partial charge in [-0.3, -0.25) is 0 Å². The molecule has 0 radical (unpaired) electrons. The summed E-state index contributed by atoms with van der Waals surface area (Å²) in [6, 6.07) is 0. The van der Waals surface area contributed by atoms with Crippen molar-refractivity contribution in [2.24, 2.45) is 0 Å². The minimum absolute atomic E-state index is 0.394. The smallest absolute Gasteiger partial charge is 0.0897 e. The topological polar surface area (TPSA) is 54.4 Å². The molecule has 0 spiro atoms. The minimum Gasteiger partial charge on any atom is -0.389 e. The van der Waals surface area contributed by atoms with Crippen LogP contribution in [0.4, 0.5) is 0 Å². The molecule has 0 aliphatic carbocycles. The van der Waals surface area contributed by atoms with Crippen LogP contribution in [-0.2, 0) is 11.2 Å². The molecule has 0 aromatic carbocycles. The fourth-order valence-corrected chi connectivity index (χ4v) is 2.08. The van der Waals surface area contributed by atoms with Gasteiger partial charge in [0.15, 0.2) is 0 Å². The summed E-state index contributed by atoms with van der Waals surface area (Å²) in [5.74, 6) is 0. The van der Waals surface area contributed by atoms with Gasteiger partial charge >= 0.3 is 0 Å². The maximum absolute atomic E-state index is 9.49. The molecule has 0 fully saturated rings. The van der Waals surface area contributed by atoms with Crippen molar-refractivity contribution in [2.45, 2.75) is 26.4 Å². The van der Waals surface area contributed by atoms with E-state index >= 15 is 0 Å². The third-order valence-electron chi connectivity index (χ3n) is 2.26. The number of thiazole rings is 1. The van der Waals surface area contributed by atoms with Crippen LogP contribution in [0.5, 0.6) is 0 Å². The van der Waals surface area contributed by atoms with Gasteiger partial charge in [-0.25, -0.2) is 4.98 Å². The zero-order valence-electron chi connectivity index (χ0n) is 9.90. The third kappa shape index (κ3) is 5.03. The van der Waals surface area contributed by atoms with Gasteiger partial charge in [-0.2, -0.15) is 0 Å². The van der Waals surface area contributed by atoms with E-state index in [4.69, 9.17) is 4.74 Å². The monoisotopic (exact) mass is 244 g/mol. The molecule has 1 rings (SSSR count). The number of aliphatic hydroxyl groups is 1. The highest BCUT2D eigenvalue weighted by atomic mass is 32.1. The van der Waals surface area contributed by atoms with E-state index in [1.54, 1.807) is 11.3 Å². The average molecular weight is 244 g/mol. The van der Waals surface area contributed by atoms with E-state index < -0.39 is 6.10 Å². The maximum atomic E-state index is 9.49. The van der Waals surface area contributed by atoms with Crippen LogP contribution in [0.3, 0.4) is 0 Å². The zero-order chi connectivity index (χ0) is 11.8. The van der Waals surface area contributed by atoms with E-state index in [1.165, 1.54) is 4.88 Å². The van der Waals surface area contributed by atoms with Crippen LogP contribution in [0, 0.1) is 6.92 Å². The Morgan fingerprint density at radius 1 is 1.62 bits per heavy atom. The Bertz CT molecular complexity index is 291. The summed E-state index contributed by atoms with van der Waals surface area (Å²) in [5, 5.41) is 12.6. The lowest BCUT2D eigenvalue weighted by Crippen LogP contribution is -2.30. The van der Waals surface area contributed by atoms with Gasteiger partial charge in [-0.15, -0.1) is 11.3 Å². The van der Waals surface area contributed by atoms with Gasteiger partial charge in [0.25, 0.3) is 0 Å². The van der Waals surface area contributed by atoms with Crippen molar-refractivity contribution in [1.82, 2.24) is 10.3 Å². The number of likely N-dealkylation sites (N-methyl/N-ethyl adjacent to an activating group) is 1. The van der Waals surface area contributed by atoms with E-state index in [2.05, 4.69) is 10.3 Å². The lowest BCUT2D eigenvalue weighted by molar-refractivity contribution is 0.0388. The molecule has 0 aliphatic heterocycles. The first kappa shape index (κ1) is 13.6. The highest BCUT2D eigenvalue weighted by Gasteiger charge is 2.04. The summed E-state index contributed by atoms with van der Waals surface area (Å²) < 4.78 is 5.41. The Morgan fingerprint density at radius 2 is 2.44 bits per heavy atom. The first-order valence-electron chi connectivity index (χ1n) is 5.59. The first-order valence-corrected chi connectivity index (χ1v) is 6.47. The number of hydrogen-bond acceptors (Lipinski definition) is 5. The number of aromatic nitrogens is 1. The molecule has 0 saturated heterocycles. The molecule has 0 saturated carbocycles. The summed E-state index contributed by atoms with van der Waals surface area (Å²) in [7, 11) is 0. The zero-order valence-corrected chi connectivity index (χ0v) is 10.7. The second kappa shape index (κ2) is 7.73. The molecular formula is C11H20N2O2S. The van der Waals surface area contributed by atoms with Crippen molar-refractivity contribution >= 4 is 11.3 Å². The van der Waals surface area contributed by atoms with Gasteiger partial charge in [0.05, 0.1) is 30.5 Å². The molecule has 0 amide bonds. The van der Waals surface area contributed by atoms with Crippen molar-refractivity contribution in [3.05, 3.63) is 16.1 Å². The third-order valence-corrected chi connectivity index (χ3v) is 3.25. The predicted octanol–water partition coefficient (Wildman–Crippen LogP) is 0.981. The summed E-state index contributed by atoms with van der Waals surface area (Å²) in [4.78, 5) is 5.44. The fraction of sp³-hybridized carbons (Fsp3) is 0.727. The van der Waals surface area contributed by atoms with Crippen molar-refractivity contribution in [1.29, 1.82) is 0 Å². The molecule has 0 aliphatic rings. The fourth-order valence-electron chi connectivity index (χ4n) is 1.32. The van der Waals surface area contributed by atoms with E-state index in [0.717, 1.165) is 18.7 Å². The van der Waals surface area contributed by atoms with Crippen molar-refractivity contribution in [3.63, 3.8) is 0 Å². The summed E-state index contributed by atoms with van der Waals surface area (Å²) in [5.41, 5.74) is 2.94. The molecule has 92 valence electrons. The summed E-state index contributed by atoms with van der Waals surface area (Å²) in [6.07, 6.45) is 0.465. The standard InChI is InChI=1S/C11H20N2O2S/c1-3-12-6-10(14)7-15-5-4-11-9(2)13-8-16-11/h8,10,12,14H,3-7H2,1-2H3. The number of nitrogens with one attached hydrogen (secondary N) is 1. The molecular weight excluding hydrogens is 224 g/mol. The first-order chi connectivity index (χ1) is 7.74. The number of rotatable bonds is 8. The van der Waals surface area contributed by atoms with E-state index in [1.807, 2.05) is 19.4 Å². The Hall–Kier alpha value is -0.490. The van der Waals surface area contributed by atoms with Crippen LogP contribution in [0.1, 0.15) is 17.5 Å². The summed E-state index contributed by atoms with van der Waals surface area (Å²) in [6.45, 7) is 6.52. The Balaban J connectivity index is 2.06. The average Bonchev–Trinajstić information content (AvgIpc) is 2.67. The number of aryl methyl sites for hydroxylation is 1. The Labute approximate surface area is 101 Å². The van der Waals surface area contributed by atoms with Crippen LogP contribution >= 0.6 is 11.3 Å². The predicted molar refractivity (Wildman–Crippen MR) is 65.9 cm³/mol. The molecule has 0 bridgehead atoms. The Kier molecular flexibility index (Phi) is 6.56. The highest BCUT2D eigenvalue weighted by molar-refractivity contribution is 7.09. The molecule has 2 N–H and O–H groups in total. The van der Waals surface area contributed by atoms with Crippen LogP contribution in [0.25, 0.3) is 0 Å². The van der Waals surface area contributed by atoms with Gasteiger partial charge in [-0.1, -0.05) is 6.92 Å². The molecule has 4 nitrogen and oxygen atoms in total. The molecule has 1 aromatic heterocycles. The van der Waals surface area contributed by atoms with Gasteiger partial charge in [0.1, 0.15) is 0 Å². The molecule has 1 unspecified atom stereocenters. The van der Waals surface area contributed by atoms with Crippen molar-refractivity contribution in [2.75, 3.05) is 26.3 Å². The second-order valence-electron chi connectivity index (χ2n) is 3.65. The van der Waals surface area contributed by atoms with E-state index in [9.17, 15) is 5.11 Å². The molecule has 1 aromatic rings. The Morgan fingerprint density at radius 3 is 3.06 bits per heavy atom.